The number of carbonyl (C=O) groups is 1. The Morgan fingerprint density at radius 3 is 2.75 bits per heavy atom. The summed E-state index contributed by atoms with van der Waals surface area (Å²) in [5.41, 5.74) is 0.895. The lowest BCUT2D eigenvalue weighted by atomic mass is 10.1. The fourth-order valence-electron chi connectivity index (χ4n) is 1.53. The number of carbonyl (C=O) groups excluding carboxylic acids is 1. The third-order valence-corrected chi connectivity index (χ3v) is 2.18. The molecule has 1 aromatic heterocycles. The van der Waals surface area contributed by atoms with Crippen LogP contribution in [0.15, 0.2) is 33.5 Å². The van der Waals surface area contributed by atoms with Crippen molar-refractivity contribution in [3.8, 4) is 5.75 Å². The van der Waals surface area contributed by atoms with Crippen molar-refractivity contribution in [1.82, 2.24) is 0 Å². The number of fused-ring (bicyclic) bond motifs is 1. The summed E-state index contributed by atoms with van der Waals surface area (Å²) in [6.07, 6.45) is 0. The van der Waals surface area contributed by atoms with Gasteiger partial charge in [0, 0.05) is 18.4 Å². The van der Waals surface area contributed by atoms with Crippen molar-refractivity contribution in [1.29, 1.82) is 0 Å². The largest absolute Gasteiger partial charge is 0.427 e. The maximum Gasteiger partial charge on any atom is 0.336 e. The Bertz CT molecular complexity index is 610. The summed E-state index contributed by atoms with van der Waals surface area (Å²) in [5.74, 6) is 0.0614. The lowest BCUT2D eigenvalue weighted by Gasteiger charge is -2.04. The standard InChI is InChI=1S/C12H10O4/c1-7-5-12(14)16-11-4-3-9(6-10(7)11)15-8(2)13/h3-6H,1-2H3. The molecule has 0 bridgehead atoms. The van der Waals surface area contributed by atoms with E-state index in [1.807, 2.05) is 0 Å². The normalized spacial score (nSPS) is 10.4. The monoisotopic (exact) mass is 218 g/mol. The van der Waals surface area contributed by atoms with E-state index in [0.29, 0.717) is 11.3 Å². The second-order valence-electron chi connectivity index (χ2n) is 3.50. The summed E-state index contributed by atoms with van der Waals surface area (Å²) in [4.78, 5) is 21.9. The third-order valence-electron chi connectivity index (χ3n) is 2.18. The molecule has 0 aliphatic heterocycles. The lowest BCUT2D eigenvalue weighted by molar-refractivity contribution is -0.131. The highest BCUT2D eigenvalue weighted by Gasteiger charge is 2.05. The first-order valence-corrected chi connectivity index (χ1v) is 4.79. The van der Waals surface area contributed by atoms with Crippen LogP contribution in [0.4, 0.5) is 0 Å². The molecule has 4 heteroatoms. The number of hydrogen-bond donors (Lipinski definition) is 0. The first-order valence-electron chi connectivity index (χ1n) is 4.79. The molecule has 0 unspecified atom stereocenters. The van der Waals surface area contributed by atoms with Crippen LogP contribution in [0.5, 0.6) is 5.75 Å². The Morgan fingerprint density at radius 2 is 2.06 bits per heavy atom. The van der Waals surface area contributed by atoms with Crippen molar-refractivity contribution < 1.29 is 13.9 Å². The average molecular weight is 218 g/mol. The minimum absolute atomic E-state index is 0.380. The van der Waals surface area contributed by atoms with E-state index in [1.165, 1.54) is 13.0 Å². The number of hydrogen-bond acceptors (Lipinski definition) is 4. The molecule has 82 valence electrons. The molecule has 0 atom stereocenters. The average Bonchev–Trinajstić information content (AvgIpc) is 2.18. The van der Waals surface area contributed by atoms with Crippen LogP contribution in [0.2, 0.25) is 0 Å². The van der Waals surface area contributed by atoms with Crippen molar-refractivity contribution in [2.24, 2.45) is 0 Å². The quantitative estimate of drug-likeness (QED) is 0.417. The van der Waals surface area contributed by atoms with Gasteiger partial charge >= 0.3 is 11.6 Å². The van der Waals surface area contributed by atoms with Crippen LogP contribution < -0.4 is 10.4 Å². The summed E-state index contributed by atoms with van der Waals surface area (Å²) in [6, 6.07) is 6.28. The molecule has 1 aromatic carbocycles. The lowest BCUT2D eigenvalue weighted by Crippen LogP contribution is -2.02. The van der Waals surface area contributed by atoms with E-state index in [9.17, 15) is 9.59 Å². The first kappa shape index (κ1) is 10.4. The summed E-state index contributed by atoms with van der Waals surface area (Å²) >= 11 is 0. The number of esters is 1. The molecule has 4 nitrogen and oxygen atoms in total. The van der Waals surface area contributed by atoms with Gasteiger partial charge in [0.1, 0.15) is 11.3 Å². The smallest absolute Gasteiger partial charge is 0.336 e. The molecular formula is C12H10O4. The van der Waals surface area contributed by atoms with Gasteiger partial charge in [0.25, 0.3) is 0 Å². The van der Waals surface area contributed by atoms with Crippen LogP contribution in [0.3, 0.4) is 0 Å². The van der Waals surface area contributed by atoms with Gasteiger partial charge in [-0.25, -0.2) is 4.79 Å². The van der Waals surface area contributed by atoms with Gasteiger partial charge in [0.2, 0.25) is 0 Å². The van der Waals surface area contributed by atoms with Crippen LogP contribution in [0.1, 0.15) is 12.5 Å². The zero-order chi connectivity index (χ0) is 11.7. The SMILES string of the molecule is CC(=O)Oc1ccc2oc(=O)cc(C)c2c1. The van der Waals surface area contributed by atoms with E-state index >= 15 is 0 Å². The van der Waals surface area contributed by atoms with Crippen molar-refractivity contribution in [3.63, 3.8) is 0 Å². The molecular weight excluding hydrogens is 208 g/mol. The van der Waals surface area contributed by atoms with Crippen LogP contribution >= 0.6 is 0 Å². The fraction of sp³-hybridized carbons (Fsp3) is 0.167. The van der Waals surface area contributed by atoms with Gasteiger partial charge in [-0.05, 0) is 30.7 Å². The maximum atomic E-state index is 11.1. The van der Waals surface area contributed by atoms with Gasteiger partial charge in [0.15, 0.2) is 0 Å². The Hall–Kier alpha value is -2.10. The van der Waals surface area contributed by atoms with Crippen LogP contribution in [-0.2, 0) is 4.79 Å². The molecule has 1 heterocycles. The maximum absolute atomic E-state index is 11.1. The highest BCUT2D eigenvalue weighted by Crippen LogP contribution is 2.22. The number of aryl methyl sites for hydroxylation is 1. The Morgan fingerprint density at radius 1 is 1.31 bits per heavy atom. The van der Waals surface area contributed by atoms with E-state index in [1.54, 1.807) is 25.1 Å². The molecule has 16 heavy (non-hydrogen) atoms. The molecule has 0 amide bonds. The van der Waals surface area contributed by atoms with Crippen LogP contribution in [-0.4, -0.2) is 5.97 Å². The van der Waals surface area contributed by atoms with Gasteiger partial charge in [-0.1, -0.05) is 0 Å². The summed E-state index contributed by atoms with van der Waals surface area (Å²) in [6.45, 7) is 3.14. The summed E-state index contributed by atoms with van der Waals surface area (Å²) in [7, 11) is 0. The number of benzene rings is 1. The Kier molecular flexibility index (Phi) is 2.48. The van der Waals surface area contributed by atoms with Gasteiger partial charge in [-0.15, -0.1) is 0 Å². The van der Waals surface area contributed by atoms with Crippen molar-refractivity contribution in [2.45, 2.75) is 13.8 Å². The zero-order valence-corrected chi connectivity index (χ0v) is 8.94. The van der Waals surface area contributed by atoms with E-state index in [0.717, 1.165) is 10.9 Å². The molecule has 2 rings (SSSR count). The van der Waals surface area contributed by atoms with Crippen LogP contribution in [0, 0.1) is 6.92 Å². The second-order valence-corrected chi connectivity index (χ2v) is 3.50. The van der Waals surface area contributed by atoms with Crippen molar-refractivity contribution >= 4 is 16.9 Å². The third kappa shape index (κ3) is 1.95. The highest BCUT2D eigenvalue weighted by atomic mass is 16.5. The number of ether oxygens (including phenoxy) is 1. The first-order chi connectivity index (χ1) is 7.56. The van der Waals surface area contributed by atoms with Gasteiger partial charge in [-0.3, -0.25) is 4.79 Å². The fourth-order valence-corrected chi connectivity index (χ4v) is 1.53. The Labute approximate surface area is 91.4 Å². The molecule has 0 aliphatic carbocycles. The van der Waals surface area contributed by atoms with Gasteiger partial charge < -0.3 is 9.15 Å². The molecule has 0 saturated heterocycles. The molecule has 0 saturated carbocycles. The molecule has 0 N–H and O–H groups in total. The van der Waals surface area contributed by atoms with E-state index in [-0.39, 0.29) is 11.6 Å². The predicted molar refractivity (Wildman–Crippen MR) is 58.5 cm³/mol. The second kappa shape index (κ2) is 3.81. The Balaban J connectivity index is 2.61. The molecule has 0 fully saturated rings. The minimum atomic E-state index is -0.384. The molecule has 0 radical (unpaired) electrons. The summed E-state index contributed by atoms with van der Waals surface area (Å²) in [5, 5.41) is 0.762. The summed E-state index contributed by atoms with van der Waals surface area (Å²) < 4.78 is 9.96. The van der Waals surface area contributed by atoms with Gasteiger partial charge in [0.05, 0.1) is 0 Å². The van der Waals surface area contributed by atoms with E-state index in [2.05, 4.69) is 0 Å². The zero-order valence-electron chi connectivity index (χ0n) is 8.94. The molecule has 2 aromatic rings. The van der Waals surface area contributed by atoms with E-state index in [4.69, 9.17) is 9.15 Å². The van der Waals surface area contributed by atoms with E-state index < -0.39 is 0 Å². The van der Waals surface area contributed by atoms with Crippen molar-refractivity contribution in [2.75, 3.05) is 0 Å². The minimum Gasteiger partial charge on any atom is -0.427 e. The van der Waals surface area contributed by atoms with Crippen LogP contribution in [0.25, 0.3) is 11.0 Å². The van der Waals surface area contributed by atoms with Crippen molar-refractivity contribution in [3.05, 3.63) is 40.2 Å². The predicted octanol–water partition coefficient (Wildman–Crippen LogP) is 2.03. The topological polar surface area (TPSA) is 56.5 Å². The number of rotatable bonds is 1. The van der Waals surface area contributed by atoms with Gasteiger partial charge in [-0.2, -0.15) is 0 Å². The molecule has 0 spiro atoms. The molecule has 0 aliphatic rings. The highest BCUT2D eigenvalue weighted by molar-refractivity contribution is 5.82.